The van der Waals surface area contributed by atoms with Crippen molar-refractivity contribution in [2.75, 3.05) is 0 Å². The van der Waals surface area contributed by atoms with E-state index in [0.717, 1.165) is 0 Å². The van der Waals surface area contributed by atoms with Gasteiger partial charge in [0.05, 0.1) is 4.90 Å². The van der Waals surface area contributed by atoms with Crippen LogP contribution in [0.3, 0.4) is 0 Å². The molecule has 0 radical (unpaired) electrons. The van der Waals surface area contributed by atoms with E-state index in [4.69, 9.17) is 9.88 Å². The van der Waals surface area contributed by atoms with E-state index in [1.54, 1.807) is 25.1 Å². The zero-order chi connectivity index (χ0) is 12.3. The quantitative estimate of drug-likeness (QED) is 0.814. The van der Waals surface area contributed by atoms with Crippen LogP contribution in [0, 0.1) is 6.92 Å². The van der Waals surface area contributed by atoms with Crippen molar-refractivity contribution in [3.05, 3.63) is 36.4 Å². The van der Waals surface area contributed by atoms with Gasteiger partial charge in [0.2, 0.25) is 10.0 Å². The monoisotopic (exact) mass is 241 g/mol. The minimum absolute atomic E-state index is 0.117. The van der Waals surface area contributed by atoms with Crippen LogP contribution < -0.4 is 9.88 Å². The van der Waals surface area contributed by atoms with Gasteiger partial charge in [0.1, 0.15) is 11.9 Å². The van der Waals surface area contributed by atoms with Crippen LogP contribution >= 0.6 is 0 Å². The van der Waals surface area contributed by atoms with E-state index in [2.05, 4.69) is 6.58 Å². The molecule has 1 atom stereocenters. The highest BCUT2D eigenvalue weighted by atomic mass is 32.2. The van der Waals surface area contributed by atoms with Crippen LogP contribution in [0.25, 0.3) is 0 Å². The van der Waals surface area contributed by atoms with Crippen molar-refractivity contribution >= 4 is 10.0 Å². The zero-order valence-electron chi connectivity index (χ0n) is 9.30. The summed E-state index contributed by atoms with van der Waals surface area (Å²) in [5.74, 6) is 0.595. The second kappa shape index (κ2) is 4.67. The fourth-order valence-electron chi connectivity index (χ4n) is 1.28. The standard InChI is InChI=1S/C11H15NO3S/c1-4-9(3)15-10-5-6-11(8(2)7-10)16(12,13)14/h4-7,9H,1H2,2-3H3,(H2,12,13,14). The highest BCUT2D eigenvalue weighted by Crippen LogP contribution is 2.21. The molecule has 88 valence electrons. The Morgan fingerprint density at radius 2 is 2.12 bits per heavy atom. The number of ether oxygens (including phenoxy) is 1. The Balaban J connectivity index is 3.05. The molecule has 4 nitrogen and oxygen atoms in total. The fraction of sp³-hybridized carbons (Fsp3) is 0.273. The van der Waals surface area contributed by atoms with Crippen LogP contribution in [-0.2, 0) is 10.0 Å². The first-order chi connectivity index (χ1) is 7.34. The van der Waals surface area contributed by atoms with Crippen molar-refractivity contribution in [3.63, 3.8) is 0 Å². The minimum atomic E-state index is -3.66. The molecule has 0 aliphatic carbocycles. The molecule has 0 spiro atoms. The van der Waals surface area contributed by atoms with Crippen molar-refractivity contribution in [2.24, 2.45) is 5.14 Å². The lowest BCUT2D eigenvalue weighted by atomic mass is 10.2. The SMILES string of the molecule is C=CC(C)Oc1ccc(S(N)(=O)=O)c(C)c1. The average molecular weight is 241 g/mol. The lowest BCUT2D eigenvalue weighted by molar-refractivity contribution is 0.270. The summed E-state index contributed by atoms with van der Waals surface area (Å²) in [5, 5.41) is 5.05. The Morgan fingerprint density at radius 3 is 2.56 bits per heavy atom. The van der Waals surface area contributed by atoms with Gasteiger partial charge in [-0.25, -0.2) is 13.6 Å². The van der Waals surface area contributed by atoms with E-state index in [1.807, 2.05) is 6.92 Å². The lowest BCUT2D eigenvalue weighted by Gasteiger charge is -2.12. The van der Waals surface area contributed by atoms with Gasteiger partial charge in [-0.15, -0.1) is 0 Å². The molecule has 0 saturated carbocycles. The van der Waals surface area contributed by atoms with E-state index in [0.29, 0.717) is 11.3 Å². The molecular weight excluding hydrogens is 226 g/mol. The van der Waals surface area contributed by atoms with Crippen LogP contribution in [0.2, 0.25) is 0 Å². The molecule has 1 aromatic carbocycles. The number of benzene rings is 1. The number of hydrogen-bond acceptors (Lipinski definition) is 3. The summed E-state index contributed by atoms with van der Waals surface area (Å²) < 4.78 is 27.8. The number of aryl methyl sites for hydroxylation is 1. The summed E-state index contributed by atoms with van der Waals surface area (Å²) in [6, 6.07) is 4.66. The second-order valence-electron chi connectivity index (χ2n) is 3.53. The Kier molecular flexibility index (Phi) is 3.72. The maximum absolute atomic E-state index is 11.2. The van der Waals surface area contributed by atoms with E-state index in [1.165, 1.54) is 6.07 Å². The predicted octanol–water partition coefficient (Wildman–Crippen LogP) is 1.60. The Labute approximate surface area is 95.8 Å². The third-order valence-corrected chi connectivity index (χ3v) is 3.18. The number of primary sulfonamides is 1. The van der Waals surface area contributed by atoms with Gasteiger partial charge >= 0.3 is 0 Å². The summed E-state index contributed by atoms with van der Waals surface area (Å²) in [7, 11) is -3.66. The molecule has 0 aromatic heterocycles. The van der Waals surface area contributed by atoms with Gasteiger partial charge in [0.15, 0.2) is 0 Å². The average Bonchev–Trinajstić information content (AvgIpc) is 2.15. The van der Waals surface area contributed by atoms with E-state index < -0.39 is 10.0 Å². The zero-order valence-corrected chi connectivity index (χ0v) is 10.1. The lowest BCUT2D eigenvalue weighted by Crippen LogP contribution is -2.14. The molecule has 0 fully saturated rings. The minimum Gasteiger partial charge on any atom is -0.487 e. The van der Waals surface area contributed by atoms with E-state index >= 15 is 0 Å². The number of nitrogens with two attached hydrogens (primary N) is 1. The second-order valence-corrected chi connectivity index (χ2v) is 5.06. The van der Waals surface area contributed by atoms with Crippen molar-refractivity contribution in [1.29, 1.82) is 0 Å². The molecule has 5 heteroatoms. The summed E-state index contributed by atoms with van der Waals surface area (Å²) >= 11 is 0. The molecule has 16 heavy (non-hydrogen) atoms. The van der Waals surface area contributed by atoms with Gasteiger partial charge in [-0.3, -0.25) is 0 Å². The predicted molar refractivity (Wildman–Crippen MR) is 62.8 cm³/mol. The van der Waals surface area contributed by atoms with Crippen LogP contribution in [0.1, 0.15) is 12.5 Å². The summed E-state index contributed by atoms with van der Waals surface area (Å²) in [6.45, 7) is 7.11. The molecule has 0 heterocycles. The van der Waals surface area contributed by atoms with Crippen LogP contribution in [0.15, 0.2) is 35.7 Å². The van der Waals surface area contributed by atoms with Gasteiger partial charge < -0.3 is 4.74 Å². The third-order valence-electron chi connectivity index (χ3n) is 2.11. The highest BCUT2D eigenvalue weighted by Gasteiger charge is 2.12. The van der Waals surface area contributed by atoms with Crippen molar-refractivity contribution in [2.45, 2.75) is 24.8 Å². The van der Waals surface area contributed by atoms with Crippen LogP contribution in [0.4, 0.5) is 0 Å². The normalized spacial score (nSPS) is 13.2. The van der Waals surface area contributed by atoms with Crippen molar-refractivity contribution in [3.8, 4) is 5.75 Å². The first kappa shape index (κ1) is 12.7. The van der Waals surface area contributed by atoms with Gasteiger partial charge in [-0.1, -0.05) is 12.7 Å². The van der Waals surface area contributed by atoms with Gasteiger partial charge in [0.25, 0.3) is 0 Å². The molecule has 0 bridgehead atoms. The maximum atomic E-state index is 11.2. The molecule has 0 aliphatic rings. The summed E-state index contributed by atoms with van der Waals surface area (Å²) in [4.78, 5) is 0.117. The molecular formula is C11H15NO3S. The number of rotatable bonds is 4. The summed E-state index contributed by atoms with van der Waals surface area (Å²) in [6.07, 6.45) is 1.53. The molecule has 0 amide bonds. The molecule has 2 N–H and O–H groups in total. The molecule has 1 aromatic rings. The smallest absolute Gasteiger partial charge is 0.238 e. The van der Waals surface area contributed by atoms with Crippen LogP contribution in [0.5, 0.6) is 5.75 Å². The number of hydrogen-bond donors (Lipinski definition) is 1. The van der Waals surface area contributed by atoms with Crippen LogP contribution in [-0.4, -0.2) is 14.5 Å². The van der Waals surface area contributed by atoms with Crippen molar-refractivity contribution < 1.29 is 13.2 Å². The maximum Gasteiger partial charge on any atom is 0.238 e. The van der Waals surface area contributed by atoms with Gasteiger partial charge in [-0.2, -0.15) is 0 Å². The van der Waals surface area contributed by atoms with E-state index in [9.17, 15) is 8.42 Å². The Bertz CT molecular complexity index is 494. The fourth-order valence-corrected chi connectivity index (χ4v) is 2.04. The highest BCUT2D eigenvalue weighted by molar-refractivity contribution is 7.89. The first-order valence-electron chi connectivity index (χ1n) is 4.77. The largest absolute Gasteiger partial charge is 0.487 e. The van der Waals surface area contributed by atoms with Gasteiger partial charge in [-0.05, 0) is 37.6 Å². The Morgan fingerprint density at radius 1 is 1.50 bits per heavy atom. The Hall–Kier alpha value is -1.33. The molecule has 1 unspecified atom stereocenters. The molecule has 0 saturated heterocycles. The van der Waals surface area contributed by atoms with E-state index in [-0.39, 0.29) is 11.0 Å². The first-order valence-corrected chi connectivity index (χ1v) is 6.32. The van der Waals surface area contributed by atoms with Gasteiger partial charge in [0, 0.05) is 0 Å². The third kappa shape index (κ3) is 3.08. The number of sulfonamides is 1. The van der Waals surface area contributed by atoms with Crippen molar-refractivity contribution in [1.82, 2.24) is 0 Å². The summed E-state index contributed by atoms with van der Waals surface area (Å²) in [5.41, 5.74) is 0.566. The topological polar surface area (TPSA) is 69.4 Å². The molecule has 0 aliphatic heterocycles. The molecule has 1 rings (SSSR count).